The van der Waals surface area contributed by atoms with Gasteiger partial charge in [-0.1, -0.05) is 26.8 Å². The smallest absolute Gasteiger partial charge is 0.263 e. The molecule has 0 unspecified atom stereocenters. The highest BCUT2D eigenvalue weighted by atomic mass is 32.1. The van der Waals surface area contributed by atoms with Crippen molar-refractivity contribution in [3.05, 3.63) is 38.2 Å². The molecule has 2 aromatic rings. The molecule has 0 fully saturated rings. The Balaban J connectivity index is 2.18. The van der Waals surface area contributed by atoms with E-state index in [-0.39, 0.29) is 5.56 Å². The number of nitrogens with zero attached hydrogens (tertiary/aromatic N) is 1. The molecular weight excluding hydrogens is 312 g/mol. The summed E-state index contributed by atoms with van der Waals surface area (Å²) >= 11 is 7.04. The highest BCUT2D eigenvalue weighted by molar-refractivity contribution is 7.71. The molecule has 0 aliphatic heterocycles. The van der Waals surface area contributed by atoms with Crippen LogP contribution in [-0.2, 0) is 19.4 Å². The molecule has 1 N–H and O–H groups in total. The molecule has 0 bridgehead atoms. The second-order valence-electron chi connectivity index (χ2n) is 7.15. The highest BCUT2D eigenvalue weighted by Crippen LogP contribution is 2.41. The zero-order chi connectivity index (χ0) is 16.1. The number of hydrogen-bond donors (Lipinski definition) is 1. The quantitative estimate of drug-likeness (QED) is 0.650. The molecule has 1 atom stereocenters. The molecule has 0 amide bonds. The van der Waals surface area contributed by atoms with Gasteiger partial charge in [0.05, 0.1) is 5.39 Å². The van der Waals surface area contributed by atoms with Gasteiger partial charge in [-0.2, -0.15) is 0 Å². The third kappa shape index (κ3) is 2.50. The SMILES string of the molecule is C=CCn1c(=S)[nH]c2sc3c(c2c1=O)CC[C@@H](C(C)(C)C)C3. The van der Waals surface area contributed by atoms with Crippen LogP contribution in [0.15, 0.2) is 17.4 Å². The van der Waals surface area contributed by atoms with E-state index in [4.69, 9.17) is 12.2 Å². The lowest BCUT2D eigenvalue weighted by Gasteiger charge is -2.33. The van der Waals surface area contributed by atoms with Gasteiger partial charge in [-0.25, -0.2) is 0 Å². The van der Waals surface area contributed by atoms with Crippen LogP contribution < -0.4 is 5.56 Å². The first-order valence-electron chi connectivity index (χ1n) is 7.71. The molecule has 118 valence electrons. The lowest BCUT2D eigenvalue weighted by molar-refractivity contribution is 0.218. The number of hydrogen-bond acceptors (Lipinski definition) is 3. The van der Waals surface area contributed by atoms with E-state index in [0.717, 1.165) is 29.5 Å². The van der Waals surface area contributed by atoms with Crippen LogP contribution in [0.4, 0.5) is 0 Å². The molecule has 3 nitrogen and oxygen atoms in total. The van der Waals surface area contributed by atoms with Gasteiger partial charge >= 0.3 is 0 Å². The monoisotopic (exact) mass is 334 g/mol. The van der Waals surface area contributed by atoms with Crippen LogP contribution in [0.2, 0.25) is 0 Å². The molecule has 1 aliphatic carbocycles. The largest absolute Gasteiger partial charge is 0.323 e. The van der Waals surface area contributed by atoms with Crippen LogP contribution in [-0.4, -0.2) is 9.55 Å². The van der Waals surface area contributed by atoms with Gasteiger partial charge in [-0.3, -0.25) is 9.36 Å². The summed E-state index contributed by atoms with van der Waals surface area (Å²) < 4.78 is 2.09. The Labute approximate surface area is 139 Å². The van der Waals surface area contributed by atoms with Gasteiger partial charge in [0.1, 0.15) is 4.83 Å². The van der Waals surface area contributed by atoms with E-state index in [1.54, 1.807) is 22.0 Å². The van der Waals surface area contributed by atoms with E-state index in [2.05, 4.69) is 32.3 Å². The predicted octanol–water partition coefficient (Wildman–Crippen LogP) is 4.46. The second-order valence-corrected chi connectivity index (χ2v) is 8.64. The Morgan fingerprint density at radius 1 is 1.50 bits per heavy atom. The molecule has 1 aliphatic rings. The van der Waals surface area contributed by atoms with Crippen molar-refractivity contribution in [2.45, 2.75) is 46.6 Å². The number of nitrogens with one attached hydrogen (secondary N) is 1. The maximum absolute atomic E-state index is 12.8. The summed E-state index contributed by atoms with van der Waals surface area (Å²) in [7, 11) is 0. The summed E-state index contributed by atoms with van der Waals surface area (Å²) in [6.07, 6.45) is 4.93. The minimum absolute atomic E-state index is 0.0327. The predicted molar refractivity (Wildman–Crippen MR) is 96.4 cm³/mol. The lowest BCUT2D eigenvalue weighted by Crippen LogP contribution is -2.27. The summed E-state index contributed by atoms with van der Waals surface area (Å²) in [4.78, 5) is 18.3. The van der Waals surface area contributed by atoms with Crippen molar-refractivity contribution in [2.24, 2.45) is 11.3 Å². The first kappa shape index (κ1) is 15.7. The van der Waals surface area contributed by atoms with E-state index in [9.17, 15) is 4.79 Å². The van der Waals surface area contributed by atoms with Gasteiger partial charge in [0.25, 0.3) is 5.56 Å². The fraction of sp³-hybridized carbons (Fsp3) is 0.529. The van der Waals surface area contributed by atoms with E-state index in [1.807, 2.05) is 0 Å². The zero-order valence-electron chi connectivity index (χ0n) is 13.4. The summed E-state index contributed by atoms with van der Waals surface area (Å²) in [6.45, 7) is 11.1. The van der Waals surface area contributed by atoms with Crippen molar-refractivity contribution < 1.29 is 0 Å². The first-order chi connectivity index (χ1) is 10.3. The molecule has 0 saturated heterocycles. The van der Waals surface area contributed by atoms with E-state index in [0.29, 0.717) is 22.6 Å². The molecule has 2 aromatic heterocycles. The van der Waals surface area contributed by atoms with Crippen LogP contribution in [0.1, 0.15) is 37.6 Å². The normalized spacial score (nSPS) is 18.4. The molecular formula is C17H22N2OS2. The highest BCUT2D eigenvalue weighted by Gasteiger charge is 2.31. The summed E-state index contributed by atoms with van der Waals surface area (Å²) in [5.74, 6) is 0.673. The molecule has 0 spiro atoms. The standard InChI is InChI=1S/C17H22N2OS2/c1-5-8-19-15(20)13-11-7-6-10(17(2,3)4)9-12(11)22-14(13)18-16(19)21/h5,10H,1,6-9H2,2-4H3,(H,18,21)/t10-/m1/s1. The van der Waals surface area contributed by atoms with Crippen molar-refractivity contribution in [1.29, 1.82) is 0 Å². The average molecular weight is 335 g/mol. The topological polar surface area (TPSA) is 37.8 Å². The van der Waals surface area contributed by atoms with E-state index < -0.39 is 0 Å². The van der Waals surface area contributed by atoms with Crippen LogP contribution >= 0.6 is 23.6 Å². The van der Waals surface area contributed by atoms with Crippen molar-refractivity contribution in [1.82, 2.24) is 9.55 Å². The minimum atomic E-state index is 0.0327. The molecule has 0 radical (unpaired) electrons. The molecule has 3 rings (SSSR count). The molecule has 5 heteroatoms. The number of rotatable bonds is 2. The van der Waals surface area contributed by atoms with Crippen molar-refractivity contribution in [2.75, 3.05) is 0 Å². The molecule has 0 saturated carbocycles. The van der Waals surface area contributed by atoms with Crippen LogP contribution in [0.5, 0.6) is 0 Å². The van der Waals surface area contributed by atoms with Crippen LogP contribution in [0, 0.1) is 16.1 Å². The third-order valence-corrected chi connectivity index (χ3v) is 6.22. The fourth-order valence-corrected chi connectivity index (χ4v) is 4.97. The van der Waals surface area contributed by atoms with Gasteiger partial charge in [-0.05, 0) is 48.4 Å². The van der Waals surface area contributed by atoms with Crippen molar-refractivity contribution in [3.63, 3.8) is 0 Å². The van der Waals surface area contributed by atoms with Gasteiger partial charge in [-0.15, -0.1) is 17.9 Å². The molecule has 0 aromatic carbocycles. The number of H-pyrrole nitrogens is 1. The Morgan fingerprint density at radius 2 is 2.23 bits per heavy atom. The Morgan fingerprint density at radius 3 is 2.86 bits per heavy atom. The van der Waals surface area contributed by atoms with E-state index >= 15 is 0 Å². The maximum Gasteiger partial charge on any atom is 0.263 e. The first-order valence-corrected chi connectivity index (χ1v) is 8.93. The summed E-state index contributed by atoms with van der Waals surface area (Å²) in [6, 6.07) is 0. The number of aryl methyl sites for hydroxylation is 1. The Kier molecular flexibility index (Phi) is 3.89. The molecule has 2 heterocycles. The number of allylic oxidation sites excluding steroid dienone is 1. The Bertz CT molecular complexity index is 848. The van der Waals surface area contributed by atoms with Crippen LogP contribution in [0.3, 0.4) is 0 Å². The maximum atomic E-state index is 12.8. The number of thiophene rings is 1. The second kappa shape index (κ2) is 5.46. The van der Waals surface area contributed by atoms with Crippen molar-refractivity contribution in [3.8, 4) is 0 Å². The zero-order valence-corrected chi connectivity index (χ0v) is 15.0. The lowest BCUT2D eigenvalue weighted by atomic mass is 9.72. The van der Waals surface area contributed by atoms with Gasteiger partial charge in [0.15, 0.2) is 4.77 Å². The number of fused-ring (bicyclic) bond motifs is 3. The number of aromatic amines is 1. The van der Waals surface area contributed by atoms with Crippen LogP contribution in [0.25, 0.3) is 10.2 Å². The average Bonchev–Trinajstić information content (AvgIpc) is 2.79. The summed E-state index contributed by atoms with van der Waals surface area (Å²) in [5.41, 5.74) is 1.59. The summed E-state index contributed by atoms with van der Waals surface area (Å²) in [5, 5.41) is 0.850. The van der Waals surface area contributed by atoms with Gasteiger partial charge in [0.2, 0.25) is 0 Å². The molecule has 22 heavy (non-hydrogen) atoms. The van der Waals surface area contributed by atoms with Gasteiger partial charge in [0, 0.05) is 11.4 Å². The van der Waals surface area contributed by atoms with Gasteiger partial charge < -0.3 is 4.98 Å². The van der Waals surface area contributed by atoms with Crippen molar-refractivity contribution >= 4 is 33.8 Å². The minimum Gasteiger partial charge on any atom is -0.323 e. The third-order valence-electron chi connectivity index (χ3n) is 4.73. The Hall–Kier alpha value is -1.20. The van der Waals surface area contributed by atoms with E-state index in [1.165, 1.54) is 10.4 Å². The number of aromatic nitrogens is 2. The fourth-order valence-electron chi connectivity index (χ4n) is 3.33.